The molecule has 0 aliphatic heterocycles. The molecule has 22 heteroatoms. The minimum Gasteiger partial charge on any atom is -0.325 e. The zero-order valence-electron chi connectivity index (χ0n) is 34.7. The molecule has 0 saturated heterocycles. The molecule has 9 aromatic rings. The summed E-state index contributed by atoms with van der Waals surface area (Å²) in [5, 5.41) is -16.2. The monoisotopic (exact) mass is 1000 g/mol. The van der Waals surface area contributed by atoms with E-state index in [9.17, 15) is 17.6 Å². The number of hydrogen-bond acceptors (Lipinski definition) is 0. The van der Waals surface area contributed by atoms with Crippen LogP contribution in [-0.2, 0) is 0 Å². The highest BCUT2D eigenvalue weighted by atomic mass is 19.2. The van der Waals surface area contributed by atoms with Gasteiger partial charge in [0.05, 0.1) is 21.5 Å². The molecule has 0 unspecified atom stereocenters. The van der Waals surface area contributed by atoms with E-state index in [1.54, 1.807) is 0 Å². The van der Waals surface area contributed by atoms with E-state index in [0.717, 1.165) is 5.69 Å². The summed E-state index contributed by atoms with van der Waals surface area (Å²) in [4.78, 5) is 0. The molecule has 9 rings (SSSR count). The van der Waals surface area contributed by atoms with Crippen molar-refractivity contribution in [3.8, 4) is 0 Å². The predicted octanol–water partition coefficient (Wildman–Crippen LogP) is 11.6. The van der Waals surface area contributed by atoms with Gasteiger partial charge < -0.3 is 5.73 Å². The Bertz CT molecular complexity index is 3320. The highest BCUT2D eigenvalue weighted by molar-refractivity contribution is 7.23. The number of hydrogen-bond donors (Lipinski definition) is 1. The first-order valence-corrected chi connectivity index (χ1v) is 19.7. The minimum atomic E-state index is -6.29. The molecule has 0 saturated carbocycles. The highest BCUT2D eigenvalue weighted by Gasteiger charge is 2.49. The Kier molecular flexibility index (Phi) is 12.1. The van der Waals surface area contributed by atoms with E-state index in [0.29, 0.717) is 0 Å². The van der Waals surface area contributed by atoms with Crippen LogP contribution in [0.15, 0.2) is 66.7 Å². The molecule has 1 nitrogen and oxygen atoms in total. The van der Waals surface area contributed by atoms with Crippen LogP contribution in [0, 0.1) is 130 Å². The standard InChI is InChI=1S/C40H8BF20.C8H11N/c42-13-5-1-9-17(25(13)46)29(50)37(58)33(54)21(9)41(22-10-2-6-14(43)26(47)18(10)30(51)38(59)34(22)55,23-11-3-7-15(44)27(48)19(11)31(52)39(60)35(23)56)24-12-4-8-16(45)28(49)20(12)32(53)40(61)36(24)57;1-6-4-3-5-8(9)7(6)2/h1-8H;3-5H,9H2,1-2H3/q-1;/p+1. The maximum Gasteiger partial charge on any atom is 0.191 e. The molecule has 0 amide bonds. The van der Waals surface area contributed by atoms with E-state index in [2.05, 4.69) is 25.6 Å². The first-order chi connectivity index (χ1) is 32.8. The van der Waals surface area contributed by atoms with Crippen molar-refractivity contribution in [2.24, 2.45) is 0 Å². The summed E-state index contributed by atoms with van der Waals surface area (Å²) in [6, 6.07) is 5.68. The van der Waals surface area contributed by atoms with E-state index >= 15 is 70.2 Å². The molecule has 0 spiro atoms. The summed E-state index contributed by atoms with van der Waals surface area (Å²) >= 11 is 0. The number of aryl methyl sites for hydroxylation is 1. The molecular weight excluding hydrogens is 981 g/mol. The van der Waals surface area contributed by atoms with E-state index < -0.39 is 187 Å². The smallest absolute Gasteiger partial charge is 0.191 e. The molecule has 0 aromatic heterocycles. The third-order valence-corrected chi connectivity index (χ3v) is 12.4. The maximum absolute atomic E-state index is 17.3. The number of rotatable bonds is 4. The lowest BCUT2D eigenvalue weighted by Crippen LogP contribution is -2.78. The number of quaternary nitrogens is 1. The van der Waals surface area contributed by atoms with Crippen molar-refractivity contribution in [3.05, 3.63) is 194 Å². The Labute approximate surface area is 377 Å². The molecule has 0 aliphatic rings. The van der Waals surface area contributed by atoms with Crippen LogP contribution in [0.3, 0.4) is 0 Å². The van der Waals surface area contributed by atoms with Crippen LogP contribution in [0.4, 0.5) is 93.5 Å². The van der Waals surface area contributed by atoms with Crippen LogP contribution in [-0.4, -0.2) is 6.15 Å². The molecule has 3 N–H and O–H groups in total. The van der Waals surface area contributed by atoms with Gasteiger partial charge in [-0.25, -0.2) is 87.8 Å². The number of fused-ring (bicyclic) bond motifs is 4. The van der Waals surface area contributed by atoms with Crippen LogP contribution < -0.4 is 27.6 Å². The predicted molar refractivity (Wildman–Crippen MR) is 218 cm³/mol. The van der Waals surface area contributed by atoms with Crippen LogP contribution >= 0.6 is 0 Å². The van der Waals surface area contributed by atoms with Gasteiger partial charge in [-0.05, 0) is 71.3 Å². The summed E-state index contributed by atoms with van der Waals surface area (Å²) in [6.45, 7) is 4.20. The van der Waals surface area contributed by atoms with E-state index in [-0.39, 0.29) is 48.5 Å². The van der Waals surface area contributed by atoms with Crippen molar-refractivity contribution in [1.82, 2.24) is 0 Å². The summed E-state index contributed by atoms with van der Waals surface area (Å²) in [5.41, 5.74) is -2.10. The van der Waals surface area contributed by atoms with E-state index in [1.165, 1.54) is 11.1 Å². The van der Waals surface area contributed by atoms with Gasteiger partial charge in [-0.2, -0.15) is 0 Å². The lowest BCUT2D eigenvalue weighted by Gasteiger charge is -2.47. The van der Waals surface area contributed by atoms with Crippen molar-refractivity contribution >= 4 is 76.8 Å². The van der Waals surface area contributed by atoms with Gasteiger partial charge in [-0.3, -0.25) is 0 Å². The van der Waals surface area contributed by atoms with Crippen LogP contribution in [0.25, 0.3) is 43.1 Å². The Morgan fingerprint density at radius 3 is 0.743 bits per heavy atom. The van der Waals surface area contributed by atoms with Gasteiger partial charge >= 0.3 is 0 Å². The molecule has 0 radical (unpaired) electrons. The van der Waals surface area contributed by atoms with Crippen molar-refractivity contribution in [2.45, 2.75) is 13.8 Å². The second-order valence-electron chi connectivity index (χ2n) is 15.8. The summed E-state index contributed by atoms with van der Waals surface area (Å²) in [6.07, 6.45) is -6.29. The topological polar surface area (TPSA) is 27.6 Å². The van der Waals surface area contributed by atoms with Gasteiger partial charge in [0.2, 0.25) is 0 Å². The minimum absolute atomic E-state index is 0.0220. The molecule has 0 bridgehead atoms. The maximum atomic E-state index is 17.3. The molecule has 9 aromatic carbocycles. The molecule has 70 heavy (non-hydrogen) atoms. The first kappa shape index (κ1) is 49.1. The van der Waals surface area contributed by atoms with Crippen LogP contribution in [0.5, 0.6) is 0 Å². The highest BCUT2D eigenvalue weighted by Crippen LogP contribution is 2.38. The van der Waals surface area contributed by atoms with E-state index in [4.69, 9.17) is 0 Å². The van der Waals surface area contributed by atoms with Gasteiger partial charge in [0, 0.05) is 5.56 Å². The van der Waals surface area contributed by atoms with Crippen LogP contribution in [0.2, 0.25) is 0 Å². The average Bonchev–Trinajstić information content (AvgIpc) is 3.32. The molecular formula is C48H20BF20N. The van der Waals surface area contributed by atoms with E-state index in [1.807, 2.05) is 12.1 Å². The fourth-order valence-corrected chi connectivity index (χ4v) is 9.10. The second-order valence-corrected chi connectivity index (χ2v) is 15.8. The van der Waals surface area contributed by atoms with Gasteiger partial charge in [-0.15, -0.1) is 21.9 Å². The largest absolute Gasteiger partial charge is 0.325 e. The number of benzene rings is 9. The Balaban J connectivity index is 0.000000659. The number of halogens is 20. The van der Waals surface area contributed by atoms with Crippen molar-refractivity contribution in [1.29, 1.82) is 0 Å². The third kappa shape index (κ3) is 6.76. The zero-order valence-corrected chi connectivity index (χ0v) is 34.7. The van der Waals surface area contributed by atoms with Crippen molar-refractivity contribution in [3.63, 3.8) is 0 Å². The molecule has 0 atom stereocenters. The zero-order chi connectivity index (χ0) is 51.5. The summed E-state index contributed by atoms with van der Waals surface area (Å²) < 4.78 is 318. The third-order valence-electron chi connectivity index (χ3n) is 12.4. The van der Waals surface area contributed by atoms with Gasteiger partial charge in [-0.1, -0.05) is 36.4 Å². The molecule has 0 heterocycles. The average molecular weight is 1000 g/mol. The lowest BCUT2D eigenvalue weighted by atomic mass is 9.11. The normalized spacial score (nSPS) is 11.9. The summed E-state index contributed by atoms with van der Waals surface area (Å²) in [7, 11) is 0. The van der Waals surface area contributed by atoms with Crippen molar-refractivity contribution in [2.75, 3.05) is 0 Å². The fraction of sp³-hybridized carbons (Fsp3) is 0.0417. The van der Waals surface area contributed by atoms with Gasteiger partial charge in [0.1, 0.15) is 35.1 Å². The Morgan fingerprint density at radius 1 is 0.286 bits per heavy atom. The van der Waals surface area contributed by atoms with Gasteiger partial charge in [0.15, 0.2) is 93.1 Å². The quantitative estimate of drug-likeness (QED) is 0.103. The molecule has 360 valence electrons. The first-order valence-electron chi connectivity index (χ1n) is 19.7. The Hall–Kier alpha value is -7.36. The lowest BCUT2D eigenvalue weighted by molar-refractivity contribution is -0.255. The van der Waals surface area contributed by atoms with Crippen LogP contribution in [0.1, 0.15) is 11.1 Å². The molecule has 0 aliphatic carbocycles. The fourth-order valence-electron chi connectivity index (χ4n) is 9.10. The summed E-state index contributed by atoms with van der Waals surface area (Å²) in [5.74, 6) is -54.8. The van der Waals surface area contributed by atoms with Crippen molar-refractivity contribution < 1.29 is 93.5 Å². The van der Waals surface area contributed by atoms with Gasteiger partial charge in [0.25, 0.3) is 0 Å². The Morgan fingerprint density at radius 2 is 0.529 bits per heavy atom. The SMILES string of the molecule is Cc1cccc([NH3+])c1C.Fc1ccc2c([B-](c3c(F)c(F)c(F)c4c(F)c(F)ccc34)(c3c(F)c(F)c(F)c4c(F)c(F)ccc34)c3c(F)c(F)c(F)c4c(F)c(F)ccc34)c(F)c(F)c(F)c2c1F. The second kappa shape index (κ2) is 17.2. The molecule has 0 fully saturated rings.